The zero-order valence-electron chi connectivity index (χ0n) is 15.3. The lowest BCUT2D eigenvalue weighted by Crippen LogP contribution is -2.17. The van der Waals surface area contributed by atoms with Gasteiger partial charge in [-0.15, -0.1) is 22.7 Å². The van der Waals surface area contributed by atoms with E-state index in [2.05, 4.69) is 15.3 Å². The molecule has 1 N–H and O–H groups in total. The molecular formula is C20H20N4O2S2. The zero-order chi connectivity index (χ0) is 18.9. The Bertz CT molecular complexity index is 1120. The molecule has 1 saturated carbocycles. The van der Waals surface area contributed by atoms with Crippen LogP contribution in [-0.4, -0.2) is 26.9 Å². The van der Waals surface area contributed by atoms with Gasteiger partial charge in [-0.25, -0.2) is 9.97 Å². The third-order valence-electron chi connectivity index (χ3n) is 5.17. The minimum Gasteiger partial charge on any atom is -0.489 e. The van der Waals surface area contributed by atoms with Crippen molar-refractivity contribution in [3.05, 3.63) is 40.8 Å². The van der Waals surface area contributed by atoms with Crippen LogP contribution in [0.15, 0.2) is 36.0 Å². The van der Waals surface area contributed by atoms with Gasteiger partial charge < -0.3 is 10.1 Å². The number of fused-ring (bicyclic) bond motifs is 3. The van der Waals surface area contributed by atoms with E-state index in [0.29, 0.717) is 29.0 Å². The number of amides is 1. The molecule has 0 unspecified atom stereocenters. The van der Waals surface area contributed by atoms with Gasteiger partial charge in [0.1, 0.15) is 4.83 Å². The minimum atomic E-state index is -0.187. The van der Waals surface area contributed by atoms with Crippen molar-refractivity contribution in [3.8, 4) is 5.75 Å². The van der Waals surface area contributed by atoms with E-state index >= 15 is 0 Å². The SMILES string of the molecule is O=C(Nc1ncccc1OCC1CCCCC1)c1cc2c(nc3sccn32)s1. The fourth-order valence-corrected chi connectivity index (χ4v) is 5.39. The molecule has 0 aliphatic heterocycles. The van der Waals surface area contributed by atoms with Gasteiger partial charge in [-0.1, -0.05) is 19.3 Å². The molecule has 0 aromatic carbocycles. The van der Waals surface area contributed by atoms with Crippen LogP contribution in [0.1, 0.15) is 41.8 Å². The standard InChI is InChI=1S/C20H20N4O2S2/c25-18(16-11-14-19(28-16)23-20-24(14)9-10-27-20)22-17-15(7-4-8-21-17)26-12-13-5-2-1-3-6-13/h4,7-11,13H,1-3,5-6,12H2,(H,21,22,25). The van der Waals surface area contributed by atoms with Gasteiger partial charge in [-0.3, -0.25) is 9.20 Å². The molecule has 1 aliphatic rings. The number of nitrogens with one attached hydrogen (secondary N) is 1. The largest absolute Gasteiger partial charge is 0.489 e. The van der Waals surface area contributed by atoms with E-state index in [1.54, 1.807) is 17.5 Å². The van der Waals surface area contributed by atoms with E-state index in [4.69, 9.17) is 4.74 Å². The maximum Gasteiger partial charge on any atom is 0.267 e. The molecule has 0 atom stereocenters. The first-order chi connectivity index (χ1) is 13.8. The van der Waals surface area contributed by atoms with Crippen molar-refractivity contribution >= 4 is 49.7 Å². The number of hydrogen-bond acceptors (Lipinski definition) is 6. The summed E-state index contributed by atoms with van der Waals surface area (Å²) in [6.45, 7) is 0.679. The van der Waals surface area contributed by atoms with E-state index in [9.17, 15) is 4.79 Å². The summed E-state index contributed by atoms with van der Waals surface area (Å²) in [5, 5.41) is 4.90. The lowest BCUT2D eigenvalue weighted by atomic mass is 9.90. The molecule has 8 heteroatoms. The smallest absolute Gasteiger partial charge is 0.267 e. The highest BCUT2D eigenvalue weighted by Crippen LogP contribution is 2.30. The van der Waals surface area contributed by atoms with Gasteiger partial charge in [0, 0.05) is 17.8 Å². The Morgan fingerprint density at radius 2 is 2.21 bits per heavy atom. The highest BCUT2D eigenvalue weighted by molar-refractivity contribution is 7.21. The monoisotopic (exact) mass is 412 g/mol. The predicted molar refractivity (Wildman–Crippen MR) is 113 cm³/mol. The average molecular weight is 413 g/mol. The maximum absolute atomic E-state index is 12.8. The van der Waals surface area contributed by atoms with Crippen LogP contribution in [0.2, 0.25) is 0 Å². The number of imidazole rings is 1. The van der Waals surface area contributed by atoms with Crippen molar-refractivity contribution in [3.63, 3.8) is 0 Å². The zero-order valence-corrected chi connectivity index (χ0v) is 16.9. The molecule has 0 spiro atoms. The second-order valence-electron chi connectivity index (χ2n) is 7.09. The number of nitrogens with zero attached hydrogens (tertiary/aromatic N) is 3. The Balaban J connectivity index is 1.32. The first kappa shape index (κ1) is 17.6. The normalized spacial score (nSPS) is 15.3. The Labute approximate surface area is 170 Å². The molecule has 6 nitrogen and oxygen atoms in total. The Morgan fingerprint density at radius 3 is 3.11 bits per heavy atom. The summed E-state index contributed by atoms with van der Waals surface area (Å²) in [6, 6.07) is 5.58. The third-order valence-corrected chi connectivity index (χ3v) is 6.94. The van der Waals surface area contributed by atoms with E-state index in [-0.39, 0.29) is 5.91 Å². The van der Waals surface area contributed by atoms with Crippen LogP contribution >= 0.6 is 22.7 Å². The summed E-state index contributed by atoms with van der Waals surface area (Å²) in [4.78, 5) is 24.1. The number of anilines is 1. The summed E-state index contributed by atoms with van der Waals surface area (Å²) >= 11 is 2.98. The molecule has 4 aromatic rings. The second kappa shape index (κ2) is 7.52. The second-order valence-corrected chi connectivity index (χ2v) is 8.99. The molecule has 1 fully saturated rings. The Hall–Kier alpha value is -2.45. The van der Waals surface area contributed by atoms with E-state index in [1.807, 2.05) is 34.2 Å². The van der Waals surface area contributed by atoms with Crippen molar-refractivity contribution in [1.82, 2.24) is 14.4 Å². The van der Waals surface area contributed by atoms with Crippen molar-refractivity contribution in [1.29, 1.82) is 0 Å². The minimum absolute atomic E-state index is 0.187. The average Bonchev–Trinajstić information content (AvgIpc) is 3.40. The summed E-state index contributed by atoms with van der Waals surface area (Å²) in [5.74, 6) is 1.51. The first-order valence-electron chi connectivity index (χ1n) is 9.52. The molecule has 5 rings (SSSR count). The lowest BCUT2D eigenvalue weighted by Gasteiger charge is -2.22. The molecule has 1 amide bonds. The van der Waals surface area contributed by atoms with Crippen LogP contribution in [-0.2, 0) is 0 Å². The number of carbonyl (C=O) groups is 1. The van der Waals surface area contributed by atoms with Crippen LogP contribution in [0.25, 0.3) is 15.3 Å². The molecule has 144 valence electrons. The van der Waals surface area contributed by atoms with Crippen LogP contribution < -0.4 is 10.1 Å². The number of pyridine rings is 1. The van der Waals surface area contributed by atoms with Crippen LogP contribution in [0.4, 0.5) is 5.82 Å². The van der Waals surface area contributed by atoms with Crippen molar-refractivity contribution < 1.29 is 9.53 Å². The molecule has 1 aliphatic carbocycles. The molecule has 28 heavy (non-hydrogen) atoms. The highest BCUT2D eigenvalue weighted by Gasteiger charge is 2.18. The van der Waals surface area contributed by atoms with Gasteiger partial charge in [-0.2, -0.15) is 0 Å². The first-order valence-corrected chi connectivity index (χ1v) is 11.2. The van der Waals surface area contributed by atoms with Crippen LogP contribution in [0.3, 0.4) is 0 Å². The fraction of sp³-hybridized carbons (Fsp3) is 0.350. The maximum atomic E-state index is 12.8. The van der Waals surface area contributed by atoms with E-state index in [1.165, 1.54) is 43.4 Å². The molecule has 0 bridgehead atoms. The van der Waals surface area contributed by atoms with Crippen molar-refractivity contribution in [2.45, 2.75) is 32.1 Å². The van der Waals surface area contributed by atoms with Gasteiger partial charge in [0.05, 0.1) is 17.0 Å². The van der Waals surface area contributed by atoms with Gasteiger partial charge in [0.25, 0.3) is 5.91 Å². The summed E-state index contributed by atoms with van der Waals surface area (Å²) in [5.41, 5.74) is 0.959. The topological polar surface area (TPSA) is 68.5 Å². The summed E-state index contributed by atoms with van der Waals surface area (Å²) in [7, 11) is 0. The number of carbonyl (C=O) groups excluding carboxylic acids is 1. The Kier molecular flexibility index (Phi) is 4.74. The predicted octanol–water partition coefficient (Wildman–Crippen LogP) is 5.22. The molecular weight excluding hydrogens is 392 g/mol. The van der Waals surface area contributed by atoms with E-state index in [0.717, 1.165) is 15.3 Å². The van der Waals surface area contributed by atoms with Crippen LogP contribution in [0.5, 0.6) is 5.75 Å². The van der Waals surface area contributed by atoms with Crippen LogP contribution in [0, 0.1) is 5.92 Å². The number of ether oxygens (including phenoxy) is 1. The quantitative estimate of drug-likeness (QED) is 0.488. The molecule has 0 radical (unpaired) electrons. The number of thiophene rings is 1. The lowest BCUT2D eigenvalue weighted by molar-refractivity contribution is 0.102. The van der Waals surface area contributed by atoms with Crippen molar-refractivity contribution in [2.24, 2.45) is 5.92 Å². The van der Waals surface area contributed by atoms with Gasteiger partial charge in [0.15, 0.2) is 16.5 Å². The highest BCUT2D eigenvalue weighted by atomic mass is 32.1. The summed E-state index contributed by atoms with van der Waals surface area (Å²) in [6.07, 6.45) is 9.96. The van der Waals surface area contributed by atoms with Gasteiger partial charge in [0.2, 0.25) is 0 Å². The number of thiazole rings is 1. The van der Waals surface area contributed by atoms with Crippen molar-refractivity contribution in [2.75, 3.05) is 11.9 Å². The van der Waals surface area contributed by atoms with E-state index < -0.39 is 0 Å². The Morgan fingerprint density at radius 1 is 1.32 bits per heavy atom. The number of hydrogen-bond donors (Lipinski definition) is 1. The van der Waals surface area contributed by atoms with Gasteiger partial charge >= 0.3 is 0 Å². The number of rotatable bonds is 5. The number of aromatic nitrogens is 3. The molecule has 0 saturated heterocycles. The third kappa shape index (κ3) is 3.38. The van der Waals surface area contributed by atoms with Gasteiger partial charge in [-0.05, 0) is 37.0 Å². The molecule has 4 aromatic heterocycles. The fourth-order valence-electron chi connectivity index (χ4n) is 3.69. The summed E-state index contributed by atoms with van der Waals surface area (Å²) < 4.78 is 8.02. The molecule has 4 heterocycles.